The fourth-order valence-corrected chi connectivity index (χ4v) is 1.06. The van der Waals surface area contributed by atoms with Crippen molar-refractivity contribution in [2.45, 2.75) is 6.42 Å². The molecular weight excluding hydrogens is 227 g/mol. The minimum absolute atomic E-state index is 0.686. The Bertz CT molecular complexity index is 221. The minimum atomic E-state index is 0.686. The lowest BCUT2D eigenvalue weighted by Crippen LogP contribution is -1.99. The van der Waals surface area contributed by atoms with E-state index < -0.39 is 0 Å². The predicted octanol–water partition coefficient (Wildman–Crippen LogP) is 1.74. The molecule has 0 bridgehead atoms. The fourth-order valence-electron chi connectivity index (χ4n) is 0.557. The zero-order valence-electron chi connectivity index (χ0n) is 4.63. The van der Waals surface area contributed by atoms with Crippen LogP contribution < -0.4 is 0 Å². The SMILES string of the molecule is [N-]=[N+]=C1CC=[C]C=C1I. The molecule has 0 aliphatic heterocycles. The van der Waals surface area contributed by atoms with Crippen LogP contribution in [-0.4, -0.2) is 10.5 Å². The zero-order chi connectivity index (χ0) is 6.69. The smallest absolute Gasteiger partial charge is 0.308 e. The monoisotopic (exact) mass is 231 g/mol. The van der Waals surface area contributed by atoms with Gasteiger partial charge in [-0.2, -0.15) is 4.79 Å². The van der Waals surface area contributed by atoms with Crippen molar-refractivity contribution in [2.75, 3.05) is 0 Å². The summed E-state index contributed by atoms with van der Waals surface area (Å²) in [6.45, 7) is 0. The summed E-state index contributed by atoms with van der Waals surface area (Å²) in [6.07, 6.45) is 7.22. The molecule has 45 valence electrons. The lowest BCUT2D eigenvalue weighted by Gasteiger charge is -1.92. The highest BCUT2D eigenvalue weighted by atomic mass is 127. The van der Waals surface area contributed by atoms with E-state index in [1.807, 2.05) is 6.08 Å². The third-order valence-corrected chi connectivity index (χ3v) is 1.95. The van der Waals surface area contributed by atoms with Crippen LogP contribution in [0.5, 0.6) is 0 Å². The molecule has 0 N–H and O–H groups in total. The molecule has 9 heavy (non-hydrogen) atoms. The Hall–Kier alpha value is -0.410. The Morgan fingerprint density at radius 3 is 3.00 bits per heavy atom. The Labute approximate surface area is 67.0 Å². The van der Waals surface area contributed by atoms with E-state index in [1.165, 1.54) is 0 Å². The van der Waals surface area contributed by atoms with Gasteiger partial charge in [0.1, 0.15) is 0 Å². The summed E-state index contributed by atoms with van der Waals surface area (Å²) in [4.78, 5) is 3.10. The lowest BCUT2D eigenvalue weighted by atomic mass is 10.2. The fraction of sp³-hybridized carbons (Fsp3) is 0.167. The number of hydrogen-bond donors (Lipinski definition) is 0. The van der Waals surface area contributed by atoms with Crippen LogP contribution in [0.2, 0.25) is 0 Å². The van der Waals surface area contributed by atoms with Crippen molar-refractivity contribution in [1.82, 2.24) is 0 Å². The summed E-state index contributed by atoms with van der Waals surface area (Å²) in [6, 6.07) is 0. The first-order valence-corrected chi connectivity index (χ1v) is 3.57. The van der Waals surface area contributed by atoms with Gasteiger partial charge in [-0.15, -0.1) is 0 Å². The van der Waals surface area contributed by atoms with Crippen LogP contribution in [0.4, 0.5) is 0 Å². The number of nitrogens with zero attached hydrogens (tertiary/aromatic N) is 2. The van der Waals surface area contributed by atoms with Gasteiger partial charge in [-0.1, -0.05) is 6.08 Å². The number of allylic oxidation sites excluding steroid dienone is 4. The second-order valence-electron chi connectivity index (χ2n) is 1.61. The van der Waals surface area contributed by atoms with E-state index in [1.54, 1.807) is 6.08 Å². The Balaban J connectivity index is 2.96. The van der Waals surface area contributed by atoms with E-state index in [4.69, 9.17) is 5.53 Å². The molecule has 0 aromatic heterocycles. The maximum absolute atomic E-state index is 8.36. The van der Waals surface area contributed by atoms with Crippen molar-refractivity contribution in [3.8, 4) is 0 Å². The molecule has 0 fully saturated rings. The van der Waals surface area contributed by atoms with Crippen molar-refractivity contribution in [3.63, 3.8) is 0 Å². The molecule has 0 saturated carbocycles. The van der Waals surface area contributed by atoms with Crippen LogP contribution in [-0.2, 0) is 0 Å². The van der Waals surface area contributed by atoms with Gasteiger partial charge in [0.05, 0.1) is 10.0 Å². The molecule has 3 heteroatoms. The zero-order valence-corrected chi connectivity index (χ0v) is 6.79. The van der Waals surface area contributed by atoms with Gasteiger partial charge >= 0.3 is 5.71 Å². The maximum Gasteiger partial charge on any atom is 0.308 e. The molecule has 0 aromatic carbocycles. The summed E-state index contributed by atoms with van der Waals surface area (Å²) in [5, 5.41) is 0. The van der Waals surface area contributed by atoms with Crippen molar-refractivity contribution in [2.24, 2.45) is 0 Å². The van der Waals surface area contributed by atoms with Gasteiger partial charge in [-0.25, -0.2) is 0 Å². The van der Waals surface area contributed by atoms with Gasteiger partial charge in [0.2, 0.25) is 0 Å². The Kier molecular flexibility index (Phi) is 2.19. The quantitative estimate of drug-likeness (QED) is 0.346. The highest BCUT2D eigenvalue weighted by Gasteiger charge is 2.11. The molecule has 0 saturated heterocycles. The molecule has 1 aliphatic rings. The number of rotatable bonds is 0. The molecule has 0 unspecified atom stereocenters. The molecule has 1 rings (SSSR count). The molecular formula is C6H4IN2. The van der Waals surface area contributed by atoms with Crippen LogP contribution in [0.3, 0.4) is 0 Å². The van der Waals surface area contributed by atoms with Gasteiger partial charge in [-0.05, 0) is 34.7 Å². The lowest BCUT2D eigenvalue weighted by molar-refractivity contribution is -0.00556. The first-order chi connectivity index (χ1) is 4.34. The number of hydrogen-bond acceptors (Lipinski definition) is 0. The van der Waals surface area contributed by atoms with Crippen LogP contribution in [0.25, 0.3) is 5.53 Å². The van der Waals surface area contributed by atoms with Crippen molar-refractivity contribution < 1.29 is 4.79 Å². The van der Waals surface area contributed by atoms with Gasteiger partial charge in [0, 0.05) is 0 Å². The highest BCUT2D eigenvalue weighted by molar-refractivity contribution is 14.1. The molecule has 0 heterocycles. The summed E-state index contributed by atoms with van der Waals surface area (Å²) >= 11 is 2.11. The molecule has 2 nitrogen and oxygen atoms in total. The van der Waals surface area contributed by atoms with Gasteiger partial charge in [0.25, 0.3) is 0 Å². The molecule has 0 amide bonds. The van der Waals surface area contributed by atoms with E-state index in [-0.39, 0.29) is 0 Å². The predicted molar refractivity (Wildman–Crippen MR) is 43.2 cm³/mol. The summed E-state index contributed by atoms with van der Waals surface area (Å²) < 4.78 is 0.956. The second-order valence-corrected chi connectivity index (χ2v) is 2.78. The van der Waals surface area contributed by atoms with E-state index >= 15 is 0 Å². The van der Waals surface area contributed by atoms with Crippen LogP contribution in [0.15, 0.2) is 15.7 Å². The first-order valence-electron chi connectivity index (χ1n) is 2.49. The van der Waals surface area contributed by atoms with E-state index in [9.17, 15) is 0 Å². The summed E-state index contributed by atoms with van der Waals surface area (Å²) in [5.74, 6) is 0. The average molecular weight is 231 g/mol. The van der Waals surface area contributed by atoms with E-state index in [0.29, 0.717) is 12.1 Å². The second kappa shape index (κ2) is 2.94. The summed E-state index contributed by atoms with van der Waals surface area (Å²) in [7, 11) is 0. The summed E-state index contributed by atoms with van der Waals surface area (Å²) in [5.41, 5.74) is 9.07. The van der Waals surface area contributed by atoms with E-state index in [2.05, 4.69) is 33.5 Å². The van der Waals surface area contributed by atoms with Gasteiger partial charge < -0.3 is 5.53 Å². The maximum atomic E-state index is 8.36. The van der Waals surface area contributed by atoms with E-state index in [0.717, 1.165) is 3.58 Å². The van der Waals surface area contributed by atoms with Crippen molar-refractivity contribution >= 4 is 28.3 Å². The standard InChI is InChI=1S/C6H4IN2/c7-5-3-1-2-4-6(5)9-8/h2-3H,4H2. The largest absolute Gasteiger partial charge is 0.361 e. The molecule has 0 spiro atoms. The minimum Gasteiger partial charge on any atom is -0.361 e. The van der Waals surface area contributed by atoms with Crippen molar-refractivity contribution in [3.05, 3.63) is 27.3 Å². The van der Waals surface area contributed by atoms with Gasteiger partial charge in [-0.3, -0.25) is 0 Å². The number of halogens is 1. The molecule has 1 aliphatic carbocycles. The van der Waals surface area contributed by atoms with Crippen molar-refractivity contribution in [1.29, 1.82) is 0 Å². The molecule has 1 radical (unpaired) electrons. The van der Waals surface area contributed by atoms with Crippen LogP contribution in [0.1, 0.15) is 6.42 Å². The van der Waals surface area contributed by atoms with Crippen LogP contribution >= 0.6 is 22.6 Å². The highest BCUT2D eigenvalue weighted by Crippen LogP contribution is 2.13. The third-order valence-electron chi connectivity index (χ3n) is 1.02. The molecule has 0 aromatic rings. The Morgan fingerprint density at radius 1 is 1.78 bits per heavy atom. The van der Waals surface area contributed by atoms with Gasteiger partial charge in [0.15, 0.2) is 0 Å². The topological polar surface area (TPSA) is 36.4 Å². The first kappa shape index (κ1) is 6.71. The van der Waals surface area contributed by atoms with Crippen LogP contribution in [0, 0.1) is 6.08 Å². The average Bonchev–Trinajstić information content (AvgIpc) is 1.89. The third kappa shape index (κ3) is 1.50. The Morgan fingerprint density at radius 2 is 2.56 bits per heavy atom. The normalized spacial score (nSPS) is 17.0. The molecule has 0 atom stereocenters.